The number of aliphatic hydroxyl groups excluding tert-OH is 2. The van der Waals surface area contributed by atoms with Crippen LogP contribution in [0.2, 0.25) is 0 Å². The summed E-state index contributed by atoms with van der Waals surface area (Å²) in [5.74, 6) is -6.13. The Labute approximate surface area is 281 Å². The van der Waals surface area contributed by atoms with Crippen LogP contribution < -0.4 is 0 Å². The van der Waals surface area contributed by atoms with Gasteiger partial charge in [-0.15, -0.1) is 0 Å². The topological polar surface area (TPSA) is 158 Å². The van der Waals surface area contributed by atoms with Gasteiger partial charge < -0.3 is 29.3 Å². The van der Waals surface area contributed by atoms with E-state index in [1.54, 1.807) is 0 Å². The molecule has 0 saturated heterocycles. The second-order valence-corrected chi connectivity index (χ2v) is 13.4. The van der Waals surface area contributed by atoms with E-state index in [0.717, 1.165) is 19.3 Å². The molecule has 0 fully saturated rings. The van der Waals surface area contributed by atoms with E-state index in [-0.39, 0.29) is 32.5 Å². The summed E-state index contributed by atoms with van der Waals surface area (Å²) >= 11 is 0. The lowest BCUT2D eigenvalue weighted by Gasteiger charge is -2.21. The van der Waals surface area contributed by atoms with Crippen molar-refractivity contribution in [3.8, 4) is 0 Å². The molecule has 3 atom stereocenters. The fraction of sp³-hybridized carbons (Fsp3) is 0.939. The molecule has 0 saturated carbocycles. The molecule has 0 rings (SSSR count). The van der Waals surface area contributed by atoms with E-state index in [1.165, 1.54) is 90.4 Å². The van der Waals surface area contributed by atoms with E-state index < -0.39 is 64.1 Å². The van der Waals surface area contributed by atoms with Gasteiger partial charge in [-0.05, 0) is 26.2 Å². The van der Waals surface area contributed by atoms with Crippen LogP contribution in [0.1, 0.15) is 142 Å². The molecule has 280 valence electrons. The lowest BCUT2D eigenvalue weighted by atomic mass is 10.0. The first-order valence-corrected chi connectivity index (χ1v) is 19.2. The van der Waals surface area contributed by atoms with Crippen LogP contribution in [0.15, 0.2) is 0 Å². The van der Waals surface area contributed by atoms with E-state index in [4.69, 9.17) is 18.5 Å². The predicted octanol–water partition coefficient (Wildman–Crippen LogP) is 7.42. The third-order valence-electron chi connectivity index (χ3n) is 7.55. The third kappa shape index (κ3) is 27.3. The Kier molecular flexibility index (Phi) is 28.9. The van der Waals surface area contributed by atoms with E-state index in [2.05, 4.69) is 11.7 Å². The molecule has 14 heteroatoms. The maximum atomic E-state index is 13.6. The maximum Gasteiger partial charge on any atom is 0.472 e. The van der Waals surface area contributed by atoms with Gasteiger partial charge in [-0.2, -0.15) is 8.78 Å². The summed E-state index contributed by atoms with van der Waals surface area (Å²) in [7, 11) is -4.70. The fourth-order valence-corrected chi connectivity index (χ4v) is 5.72. The standard InChI is InChI=1S/C33H63F2O11P/c1-3-5-6-7-8-9-10-11-12-13-14-15-16-17-18-21-24-42-27-30(26-37)46-47(40,41)44-28-29(25-36)45-31(38)22-19-20-23-33(34,35)32(39)43-4-2/h29-30,36-37H,3-28H2,1-2H3,(H,40,41)/t29-,30+/m1/s1. The van der Waals surface area contributed by atoms with Gasteiger partial charge in [0.15, 0.2) is 0 Å². The maximum absolute atomic E-state index is 13.6. The number of phosphoric acid groups is 1. The number of ether oxygens (including phenoxy) is 3. The van der Waals surface area contributed by atoms with Crippen molar-refractivity contribution in [3.05, 3.63) is 0 Å². The van der Waals surface area contributed by atoms with Crippen LogP contribution in [0, 0.1) is 0 Å². The van der Waals surface area contributed by atoms with Crippen molar-refractivity contribution < 1.29 is 61.3 Å². The lowest BCUT2D eigenvalue weighted by molar-refractivity contribution is -0.172. The zero-order valence-corrected chi connectivity index (χ0v) is 29.7. The molecular weight excluding hydrogens is 641 g/mol. The van der Waals surface area contributed by atoms with Gasteiger partial charge in [-0.3, -0.25) is 13.8 Å². The number of esters is 2. The van der Waals surface area contributed by atoms with Crippen LogP contribution in [0.5, 0.6) is 0 Å². The van der Waals surface area contributed by atoms with Gasteiger partial charge in [0.25, 0.3) is 0 Å². The Bertz CT molecular complexity index is 819. The Morgan fingerprint density at radius 3 is 1.72 bits per heavy atom. The summed E-state index contributed by atoms with van der Waals surface area (Å²) in [6, 6.07) is 0. The molecule has 0 aromatic carbocycles. The minimum atomic E-state index is -4.70. The molecule has 1 unspecified atom stereocenters. The Morgan fingerprint density at radius 1 is 0.723 bits per heavy atom. The first-order chi connectivity index (χ1) is 22.5. The van der Waals surface area contributed by atoms with E-state index >= 15 is 0 Å². The van der Waals surface area contributed by atoms with Crippen LogP contribution in [0.25, 0.3) is 0 Å². The average Bonchev–Trinajstić information content (AvgIpc) is 3.03. The zero-order valence-electron chi connectivity index (χ0n) is 28.9. The predicted molar refractivity (Wildman–Crippen MR) is 175 cm³/mol. The summed E-state index contributed by atoms with van der Waals surface area (Å²) in [6.45, 7) is 1.75. The molecule has 0 heterocycles. The SMILES string of the molecule is CCCCCCCCCCCCCCCCCCOC[C@H](CO)OP(=O)(O)OC[C@@H](CO)OC(=O)CCCCC(F)(F)C(=O)OCC. The molecule has 0 aliphatic carbocycles. The van der Waals surface area contributed by atoms with Gasteiger partial charge in [0.1, 0.15) is 12.2 Å². The molecule has 3 N–H and O–H groups in total. The van der Waals surface area contributed by atoms with Crippen LogP contribution in [-0.2, 0) is 37.4 Å². The molecule has 0 aliphatic heterocycles. The van der Waals surface area contributed by atoms with Crippen molar-refractivity contribution >= 4 is 19.8 Å². The summed E-state index contributed by atoms with van der Waals surface area (Å²) in [6.07, 6.45) is 16.4. The number of phosphoric ester groups is 1. The number of carbonyl (C=O) groups is 2. The Morgan fingerprint density at radius 2 is 1.23 bits per heavy atom. The monoisotopic (exact) mass is 704 g/mol. The highest BCUT2D eigenvalue weighted by Gasteiger charge is 2.39. The second kappa shape index (κ2) is 29.7. The summed E-state index contributed by atoms with van der Waals surface area (Å²) < 4.78 is 64.1. The van der Waals surface area contributed by atoms with Crippen LogP contribution >= 0.6 is 7.82 Å². The molecule has 0 aromatic rings. The molecule has 47 heavy (non-hydrogen) atoms. The van der Waals surface area contributed by atoms with Gasteiger partial charge >= 0.3 is 25.7 Å². The average molecular weight is 705 g/mol. The van der Waals surface area contributed by atoms with Crippen LogP contribution in [0.3, 0.4) is 0 Å². The number of hydrogen-bond donors (Lipinski definition) is 3. The smallest absolute Gasteiger partial charge is 0.462 e. The first-order valence-electron chi connectivity index (χ1n) is 17.7. The molecule has 0 aromatic heterocycles. The highest BCUT2D eigenvalue weighted by atomic mass is 31.2. The minimum Gasteiger partial charge on any atom is -0.462 e. The number of alkyl halides is 2. The zero-order chi connectivity index (χ0) is 35.2. The molecular formula is C33H63F2O11P. The molecule has 11 nitrogen and oxygen atoms in total. The van der Waals surface area contributed by atoms with E-state index in [1.807, 2.05) is 0 Å². The van der Waals surface area contributed by atoms with Crippen molar-refractivity contribution in [1.29, 1.82) is 0 Å². The first kappa shape index (κ1) is 45.8. The summed E-state index contributed by atoms with van der Waals surface area (Å²) in [4.78, 5) is 33.2. The van der Waals surface area contributed by atoms with Gasteiger partial charge in [0.05, 0.1) is 33.0 Å². The number of carbonyl (C=O) groups excluding carboxylic acids is 2. The molecule has 0 radical (unpaired) electrons. The summed E-state index contributed by atoms with van der Waals surface area (Å²) in [5.41, 5.74) is 0. The van der Waals surface area contributed by atoms with Gasteiger partial charge in [-0.1, -0.05) is 103 Å². The van der Waals surface area contributed by atoms with Gasteiger partial charge in [0.2, 0.25) is 0 Å². The van der Waals surface area contributed by atoms with Gasteiger partial charge in [0, 0.05) is 19.4 Å². The largest absolute Gasteiger partial charge is 0.472 e. The van der Waals surface area contributed by atoms with Crippen LogP contribution in [0.4, 0.5) is 8.78 Å². The fourth-order valence-electron chi connectivity index (χ4n) is 4.80. The number of unbranched alkanes of at least 4 members (excludes halogenated alkanes) is 16. The number of halogens is 2. The van der Waals surface area contributed by atoms with E-state index in [9.17, 15) is 38.0 Å². The van der Waals surface area contributed by atoms with Crippen molar-refractivity contribution in [2.45, 2.75) is 160 Å². The Hall–Kier alpha value is -1.21. The number of aliphatic hydroxyl groups is 2. The molecule has 0 aliphatic rings. The Balaban J connectivity index is 3.96. The number of hydrogen-bond acceptors (Lipinski definition) is 10. The normalized spacial score (nSPS) is 14.4. The van der Waals surface area contributed by atoms with E-state index in [0.29, 0.717) is 6.61 Å². The molecule has 0 amide bonds. The van der Waals surface area contributed by atoms with Crippen molar-refractivity contribution in [1.82, 2.24) is 0 Å². The molecule has 0 bridgehead atoms. The quantitative estimate of drug-likeness (QED) is 0.0348. The minimum absolute atomic E-state index is 0.0218. The van der Waals surface area contributed by atoms with Crippen molar-refractivity contribution in [2.24, 2.45) is 0 Å². The second-order valence-electron chi connectivity index (χ2n) is 12.0. The third-order valence-corrected chi connectivity index (χ3v) is 8.59. The highest BCUT2D eigenvalue weighted by molar-refractivity contribution is 7.47. The number of rotatable bonds is 34. The molecule has 0 spiro atoms. The summed E-state index contributed by atoms with van der Waals surface area (Å²) in [5, 5.41) is 18.9. The van der Waals surface area contributed by atoms with Crippen molar-refractivity contribution in [2.75, 3.05) is 39.6 Å². The lowest BCUT2D eigenvalue weighted by Crippen LogP contribution is -2.30. The van der Waals surface area contributed by atoms with Gasteiger partial charge in [-0.25, -0.2) is 9.36 Å². The van der Waals surface area contributed by atoms with Crippen LogP contribution in [-0.4, -0.2) is 84.8 Å². The van der Waals surface area contributed by atoms with Crippen molar-refractivity contribution in [3.63, 3.8) is 0 Å². The highest BCUT2D eigenvalue weighted by Crippen LogP contribution is 2.44.